The number of ether oxygens (including phenoxy) is 1. The number of aromatic nitrogens is 2. The van der Waals surface area contributed by atoms with E-state index in [9.17, 15) is 8.42 Å². The number of imidazole rings is 1. The molecule has 1 aliphatic heterocycles. The van der Waals surface area contributed by atoms with Crippen molar-refractivity contribution in [1.29, 1.82) is 0 Å². The summed E-state index contributed by atoms with van der Waals surface area (Å²) < 4.78 is 33.5. The summed E-state index contributed by atoms with van der Waals surface area (Å²) in [7, 11) is -0.261. The van der Waals surface area contributed by atoms with Gasteiger partial charge in [0.05, 0.1) is 13.4 Å². The first-order valence-electron chi connectivity index (χ1n) is 7.29. The average molecular weight is 336 g/mol. The van der Waals surface area contributed by atoms with Crippen molar-refractivity contribution in [1.82, 2.24) is 13.9 Å². The van der Waals surface area contributed by atoms with E-state index >= 15 is 0 Å². The van der Waals surface area contributed by atoms with Gasteiger partial charge in [0.25, 0.3) is 10.0 Å². The molecule has 0 spiro atoms. The number of methoxy groups -OCH3 is 1. The molecular formula is C15H20N4O3S. The van der Waals surface area contributed by atoms with E-state index in [1.807, 2.05) is 24.3 Å². The highest BCUT2D eigenvalue weighted by molar-refractivity contribution is 7.89. The number of hydrogen-bond donors (Lipinski definition) is 1. The molecule has 0 amide bonds. The van der Waals surface area contributed by atoms with Gasteiger partial charge >= 0.3 is 0 Å². The van der Waals surface area contributed by atoms with Crippen LogP contribution in [0.15, 0.2) is 41.8 Å². The molecule has 0 aliphatic carbocycles. The van der Waals surface area contributed by atoms with Crippen LogP contribution < -0.4 is 10.5 Å². The van der Waals surface area contributed by atoms with Crippen LogP contribution in [0, 0.1) is 0 Å². The predicted molar refractivity (Wildman–Crippen MR) is 85.7 cm³/mol. The second-order valence-electron chi connectivity index (χ2n) is 5.74. The Bertz CT molecular complexity index is 785. The number of aryl methyl sites for hydroxylation is 1. The molecule has 2 aromatic rings. The molecule has 8 heteroatoms. The monoisotopic (exact) mass is 336 g/mol. The van der Waals surface area contributed by atoms with E-state index in [2.05, 4.69) is 4.98 Å². The minimum absolute atomic E-state index is 0.0422. The van der Waals surface area contributed by atoms with E-state index < -0.39 is 10.0 Å². The summed E-state index contributed by atoms with van der Waals surface area (Å²) in [6.45, 7) is 0.641. The lowest BCUT2D eigenvalue weighted by Crippen LogP contribution is -2.32. The molecule has 1 fully saturated rings. The van der Waals surface area contributed by atoms with E-state index in [0.717, 1.165) is 11.3 Å². The number of nitrogens with zero attached hydrogens (tertiary/aromatic N) is 3. The molecule has 2 N–H and O–H groups in total. The summed E-state index contributed by atoms with van der Waals surface area (Å²) in [5, 5.41) is 0.0579. The van der Waals surface area contributed by atoms with Gasteiger partial charge in [-0.2, -0.15) is 4.31 Å². The molecule has 0 saturated carbocycles. The van der Waals surface area contributed by atoms with Crippen molar-refractivity contribution >= 4 is 10.0 Å². The number of rotatable bonds is 4. The average Bonchev–Trinajstić information content (AvgIpc) is 3.14. The van der Waals surface area contributed by atoms with Crippen molar-refractivity contribution < 1.29 is 13.2 Å². The fourth-order valence-electron chi connectivity index (χ4n) is 2.85. The van der Waals surface area contributed by atoms with E-state index in [1.165, 1.54) is 16.8 Å². The molecule has 0 bridgehead atoms. The Morgan fingerprint density at radius 3 is 2.52 bits per heavy atom. The molecule has 23 heavy (non-hydrogen) atoms. The number of hydrogen-bond acceptors (Lipinski definition) is 5. The summed E-state index contributed by atoms with van der Waals surface area (Å²) >= 11 is 0. The number of sulfonamides is 1. The van der Waals surface area contributed by atoms with Gasteiger partial charge in [-0.25, -0.2) is 13.4 Å². The van der Waals surface area contributed by atoms with E-state index in [0.29, 0.717) is 6.54 Å². The van der Waals surface area contributed by atoms with Crippen LogP contribution in [-0.4, -0.2) is 48.5 Å². The zero-order valence-corrected chi connectivity index (χ0v) is 13.9. The van der Waals surface area contributed by atoms with Gasteiger partial charge in [0.1, 0.15) is 5.75 Å². The van der Waals surface area contributed by atoms with Crippen LogP contribution in [0.25, 0.3) is 0 Å². The van der Waals surface area contributed by atoms with E-state index in [4.69, 9.17) is 10.5 Å². The fourth-order valence-corrected chi connectivity index (χ4v) is 4.32. The topological polar surface area (TPSA) is 90.5 Å². The van der Waals surface area contributed by atoms with Gasteiger partial charge in [-0.05, 0) is 17.7 Å². The number of nitrogens with two attached hydrogens (primary N) is 1. The number of benzene rings is 1. The molecule has 3 rings (SSSR count). The maximum atomic E-state index is 12.6. The smallest absolute Gasteiger partial charge is 0.262 e. The van der Waals surface area contributed by atoms with Crippen molar-refractivity contribution in [3.05, 3.63) is 42.4 Å². The van der Waals surface area contributed by atoms with Gasteiger partial charge in [0.2, 0.25) is 0 Å². The van der Waals surface area contributed by atoms with Crippen LogP contribution >= 0.6 is 0 Å². The lowest BCUT2D eigenvalue weighted by atomic mass is 9.95. The van der Waals surface area contributed by atoms with Gasteiger partial charge in [-0.15, -0.1) is 0 Å². The summed E-state index contributed by atoms with van der Waals surface area (Å²) in [4.78, 5) is 3.95. The van der Waals surface area contributed by atoms with E-state index in [-0.39, 0.29) is 23.5 Å². The molecule has 7 nitrogen and oxygen atoms in total. The summed E-state index contributed by atoms with van der Waals surface area (Å²) in [5.74, 6) is 0.720. The van der Waals surface area contributed by atoms with Crippen LogP contribution in [0.1, 0.15) is 11.5 Å². The molecule has 0 radical (unpaired) electrons. The van der Waals surface area contributed by atoms with Gasteiger partial charge in [0.15, 0.2) is 5.03 Å². The maximum absolute atomic E-state index is 12.6. The highest BCUT2D eigenvalue weighted by Crippen LogP contribution is 2.30. The fraction of sp³-hybridized carbons (Fsp3) is 0.400. The quantitative estimate of drug-likeness (QED) is 0.880. The summed E-state index contributed by atoms with van der Waals surface area (Å²) in [5.41, 5.74) is 7.20. The molecule has 124 valence electrons. The van der Waals surface area contributed by atoms with E-state index in [1.54, 1.807) is 18.7 Å². The predicted octanol–water partition coefficient (Wildman–Crippen LogP) is 0.544. The standard InChI is InChI=1S/C15H20N4O3S/c1-18-9-15(17-10-18)23(20,21)19-7-13(14(16)8-19)11-3-5-12(22-2)6-4-11/h3-6,9-10,13-14H,7-8,16H2,1-2H3/t13-,14+/m0/s1. The highest BCUT2D eigenvalue weighted by atomic mass is 32.2. The first-order valence-corrected chi connectivity index (χ1v) is 8.73. The highest BCUT2D eigenvalue weighted by Gasteiger charge is 2.39. The van der Waals surface area contributed by atoms with Crippen molar-refractivity contribution in [2.45, 2.75) is 17.0 Å². The van der Waals surface area contributed by atoms with Crippen LogP contribution in [-0.2, 0) is 17.1 Å². The van der Waals surface area contributed by atoms with Crippen molar-refractivity contribution in [2.24, 2.45) is 12.8 Å². The summed E-state index contributed by atoms with van der Waals surface area (Å²) in [6.07, 6.45) is 2.98. The molecule has 2 heterocycles. The van der Waals surface area contributed by atoms with Crippen LogP contribution in [0.4, 0.5) is 0 Å². The SMILES string of the molecule is COc1ccc([C@@H]2CN(S(=O)(=O)c3cn(C)cn3)C[C@H]2N)cc1. The van der Waals surface area contributed by atoms with Gasteiger partial charge in [-0.3, -0.25) is 0 Å². The third kappa shape index (κ3) is 2.97. The molecule has 0 unspecified atom stereocenters. The Morgan fingerprint density at radius 1 is 1.26 bits per heavy atom. The van der Waals surface area contributed by atoms with Gasteiger partial charge < -0.3 is 15.0 Å². The minimum atomic E-state index is -3.61. The van der Waals surface area contributed by atoms with Crippen LogP contribution in [0.2, 0.25) is 0 Å². The third-order valence-electron chi connectivity index (χ3n) is 4.16. The molecule has 1 aliphatic rings. The van der Waals surface area contributed by atoms with Crippen molar-refractivity contribution in [2.75, 3.05) is 20.2 Å². The second kappa shape index (κ2) is 5.95. The summed E-state index contributed by atoms with van der Waals surface area (Å²) in [6, 6.07) is 7.33. The van der Waals surface area contributed by atoms with Gasteiger partial charge in [0, 0.05) is 38.3 Å². The third-order valence-corrected chi connectivity index (χ3v) is 5.88. The molecule has 1 aromatic heterocycles. The van der Waals surface area contributed by atoms with Gasteiger partial charge in [-0.1, -0.05) is 12.1 Å². The first-order chi connectivity index (χ1) is 10.9. The molecular weight excluding hydrogens is 316 g/mol. The Hall–Kier alpha value is -1.90. The first kappa shape index (κ1) is 16.0. The lowest BCUT2D eigenvalue weighted by molar-refractivity contribution is 0.414. The zero-order valence-electron chi connectivity index (χ0n) is 13.1. The second-order valence-corrected chi connectivity index (χ2v) is 7.63. The van der Waals surface area contributed by atoms with Crippen LogP contribution in [0.3, 0.4) is 0 Å². The molecule has 1 aromatic carbocycles. The maximum Gasteiger partial charge on any atom is 0.262 e. The minimum Gasteiger partial charge on any atom is -0.497 e. The van der Waals surface area contributed by atoms with Crippen molar-refractivity contribution in [3.8, 4) is 5.75 Å². The normalized spacial score (nSPS) is 22.4. The Morgan fingerprint density at radius 2 is 1.96 bits per heavy atom. The molecule has 1 saturated heterocycles. The molecule has 2 atom stereocenters. The Balaban J connectivity index is 1.82. The Kier molecular flexibility index (Phi) is 4.13. The van der Waals surface area contributed by atoms with Crippen LogP contribution in [0.5, 0.6) is 5.75 Å². The largest absolute Gasteiger partial charge is 0.497 e. The Labute approximate surface area is 135 Å². The van der Waals surface area contributed by atoms with Crippen molar-refractivity contribution in [3.63, 3.8) is 0 Å². The zero-order chi connectivity index (χ0) is 16.6. The lowest BCUT2D eigenvalue weighted by Gasteiger charge is -2.15.